The number of aromatic nitrogens is 3. The molecule has 44 heavy (non-hydrogen) atoms. The van der Waals surface area contributed by atoms with E-state index in [0.717, 1.165) is 0 Å². The standard InChI is InChI=1S/C21H24FN9O9P2S2/c22-13-11-5-36-41(33,43)39-9-3-12(30-2-1-8-16(23)25-6-26-17(8)30)37-10(9)4-35-42(34,44)40-15(13)20(38-11)31-7-27-14-18(31)28-21(24)29-19(14)32/h1-2,6-7,9-15,20H,3-5H2,(H,33,43)(H,34,44)(H2,23,25,26)(H2,24,29,32)/t9-,10+,11+,12+,13+,14?,15+,20+,41?,42?/m0/s1. The smallest absolute Gasteiger partial charge is 0.325 e. The third-order valence-corrected chi connectivity index (χ3v) is 10.6. The number of rotatable bonds is 2. The third kappa shape index (κ3) is 5.50. The number of guanidine groups is 1. The van der Waals surface area contributed by atoms with Crippen LogP contribution in [0.3, 0.4) is 0 Å². The number of aliphatic imine (C=N–C) groups is 2. The van der Waals surface area contributed by atoms with E-state index in [0.29, 0.717) is 11.0 Å². The molecule has 0 saturated carbocycles. The zero-order valence-electron chi connectivity index (χ0n) is 22.2. The van der Waals surface area contributed by atoms with Crippen molar-refractivity contribution in [3.8, 4) is 0 Å². The first-order chi connectivity index (χ1) is 20.9. The van der Waals surface area contributed by atoms with E-state index in [1.165, 1.54) is 17.6 Å². The number of hydrogen-bond donors (Lipinski definition) is 5. The summed E-state index contributed by atoms with van der Waals surface area (Å²) in [6.07, 6.45) is -4.55. The van der Waals surface area contributed by atoms with Crippen molar-refractivity contribution < 1.29 is 46.5 Å². The number of carbonyl (C=O) groups is 1. The van der Waals surface area contributed by atoms with E-state index in [9.17, 15) is 14.6 Å². The summed E-state index contributed by atoms with van der Waals surface area (Å²) < 4.78 is 52.2. The summed E-state index contributed by atoms with van der Waals surface area (Å²) in [4.78, 5) is 51.8. The van der Waals surface area contributed by atoms with Crippen molar-refractivity contribution in [2.45, 2.75) is 55.5 Å². The molecule has 0 radical (unpaired) electrons. The molecule has 3 fully saturated rings. The van der Waals surface area contributed by atoms with E-state index in [1.54, 1.807) is 16.8 Å². The predicted molar refractivity (Wildman–Crippen MR) is 156 cm³/mol. The fourth-order valence-corrected chi connectivity index (χ4v) is 8.35. The normalized spacial score (nSPS) is 41.0. The second-order valence-electron chi connectivity index (χ2n) is 10.2. The van der Waals surface area contributed by atoms with Crippen molar-refractivity contribution >= 4 is 77.9 Å². The van der Waals surface area contributed by atoms with E-state index < -0.39 is 87.6 Å². The third-order valence-electron chi connectivity index (χ3n) is 7.46. The topological polar surface area (TPSA) is 233 Å². The average molecular weight is 692 g/mol. The molecule has 0 aliphatic carbocycles. The summed E-state index contributed by atoms with van der Waals surface area (Å²) in [5.74, 6) is -0.809. The molecule has 3 saturated heterocycles. The highest BCUT2D eigenvalue weighted by Crippen LogP contribution is 2.53. The van der Waals surface area contributed by atoms with Crippen molar-refractivity contribution in [3.63, 3.8) is 0 Å². The first-order valence-corrected chi connectivity index (χ1v) is 18.2. The zero-order valence-corrected chi connectivity index (χ0v) is 25.6. The molecule has 236 valence electrons. The monoisotopic (exact) mass is 691 g/mol. The number of amides is 1. The Labute approximate surface area is 257 Å². The van der Waals surface area contributed by atoms with Crippen molar-refractivity contribution in [3.05, 3.63) is 18.6 Å². The fourth-order valence-electron chi connectivity index (χ4n) is 5.47. The number of nitrogens with one attached hydrogen (secondary N) is 2. The Kier molecular flexibility index (Phi) is 7.67. The van der Waals surface area contributed by atoms with Crippen LogP contribution >= 0.6 is 13.4 Å². The van der Waals surface area contributed by atoms with Gasteiger partial charge in [-0.1, -0.05) is 0 Å². The van der Waals surface area contributed by atoms with Gasteiger partial charge in [0.1, 0.15) is 42.3 Å². The number of hydrogen-bond acceptors (Lipinski definition) is 15. The van der Waals surface area contributed by atoms with Gasteiger partial charge in [0, 0.05) is 12.6 Å². The number of halogens is 1. The summed E-state index contributed by atoms with van der Waals surface area (Å²) in [6, 6.07) is 0.615. The van der Waals surface area contributed by atoms with Gasteiger partial charge in [-0.3, -0.25) is 29.9 Å². The Hall–Kier alpha value is -2.39. The Morgan fingerprint density at radius 1 is 1.11 bits per heavy atom. The Bertz CT molecular complexity index is 1700. The van der Waals surface area contributed by atoms with Crippen LogP contribution in [0.4, 0.5) is 10.2 Å². The van der Waals surface area contributed by atoms with Gasteiger partial charge in [-0.15, -0.1) is 0 Å². The van der Waals surface area contributed by atoms with Crippen LogP contribution in [0.5, 0.6) is 0 Å². The molecule has 7 heterocycles. The molecule has 18 nitrogen and oxygen atoms in total. The largest absolute Gasteiger partial charge is 0.383 e. The summed E-state index contributed by atoms with van der Waals surface area (Å²) in [6.45, 7) is -9.19. The summed E-state index contributed by atoms with van der Waals surface area (Å²) in [5, 5.41) is 10.6. The molecule has 23 heteroatoms. The van der Waals surface area contributed by atoms with Crippen LogP contribution in [-0.2, 0) is 56.0 Å². The first-order valence-electron chi connectivity index (χ1n) is 13.0. The minimum Gasteiger partial charge on any atom is -0.383 e. The van der Waals surface area contributed by atoms with Crippen LogP contribution < -0.4 is 11.1 Å². The summed E-state index contributed by atoms with van der Waals surface area (Å²) in [5.41, 5.74) is 6.45. The number of anilines is 1. The predicted octanol–water partition coefficient (Wildman–Crippen LogP) is -0.210. The zero-order chi connectivity index (χ0) is 31.0. The minimum absolute atomic E-state index is 0.0206. The van der Waals surface area contributed by atoms with E-state index in [-0.39, 0.29) is 18.1 Å². The molecular formula is C21H24FN9O9P2S2. The van der Waals surface area contributed by atoms with Gasteiger partial charge < -0.3 is 43.1 Å². The molecule has 5 aliphatic rings. The molecule has 7 rings (SSSR count). The van der Waals surface area contributed by atoms with Crippen molar-refractivity contribution in [1.82, 2.24) is 24.8 Å². The Morgan fingerprint density at radius 3 is 2.66 bits per heavy atom. The number of ether oxygens (including phenoxy) is 2. The second-order valence-corrected chi connectivity index (χ2v) is 15.8. The van der Waals surface area contributed by atoms with Gasteiger partial charge in [-0.05, 0) is 29.7 Å². The second kappa shape index (κ2) is 11.1. The number of nitrogens with two attached hydrogens (primary N) is 1. The maximum Gasteiger partial charge on any atom is 0.325 e. The number of amidine groups is 1. The molecule has 3 unspecified atom stereocenters. The molecule has 6 N–H and O–H groups in total. The molecule has 5 aliphatic heterocycles. The quantitative estimate of drug-likeness (QED) is 0.257. The maximum atomic E-state index is 15.8. The maximum absolute atomic E-state index is 15.8. The number of carbonyl (C=O) groups excluding carboxylic acids is 1. The lowest BCUT2D eigenvalue weighted by molar-refractivity contribution is -0.119. The van der Waals surface area contributed by atoms with Gasteiger partial charge in [0.25, 0.3) is 5.91 Å². The molecule has 0 spiro atoms. The summed E-state index contributed by atoms with van der Waals surface area (Å²) in [7, 11) is 0. The van der Waals surface area contributed by atoms with Gasteiger partial charge in [0.15, 0.2) is 24.3 Å². The van der Waals surface area contributed by atoms with Crippen LogP contribution in [-0.4, -0.2) is 109 Å². The van der Waals surface area contributed by atoms with E-state index in [4.69, 9.17) is 62.3 Å². The molecule has 2 bridgehead atoms. The van der Waals surface area contributed by atoms with Gasteiger partial charge in [0.05, 0.1) is 31.0 Å². The van der Waals surface area contributed by atoms with Crippen molar-refractivity contribution in [2.24, 2.45) is 9.98 Å². The first kappa shape index (κ1) is 30.3. The molecule has 1 amide bonds. The lowest BCUT2D eigenvalue weighted by atomic mass is 10.1. The van der Waals surface area contributed by atoms with E-state index in [1.807, 2.05) is 0 Å². The summed E-state index contributed by atoms with van der Waals surface area (Å²) >= 11 is 10.5. The van der Waals surface area contributed by atoms with Crippen LogP contribution in [0.15, 0.2) is 28.6 Å². The van der Waals surface area contributed by atoms with Crippen LogP contribution in [0.25, 0.3) is 11.0 Å². The number of nitrogens with zero attached hydrogens (tertiary/aromatic N) is 6. The van der Waals surface area contributed by atoms with E-state index in [2.05, 4.69) is 25.3 Å². The number of fused-ring (bicyclic) bond motifs is 5. The minimum atomic E-state index is -4.20. The van der Waals surface area contributed by atoms with Gasteiger partial charge in [-0.2, -0.15) is 4.99 Å². The molecular weight excluding hydrogens is 667 g/mol. The molecule has 2 aromatic heterocycles. The highest BCUT2D eigenvalue weighted by atomic mass is 32.5. The molecule has 2 aromatic rings. The highest BCUT2D eigenvalue weighted by molar-refractivity contribution is 8.07. The van der Waals surface area contributed by atoms with Crippen molar-refractivity contribution in [2.75, 3.05) is 18.9 Å². The van der Waals surface area contributed by atoms with Crippen molar-refractivity contribution in [1.29, 1.82) is 5.41 Å². The average Bonchev–Trinajstić information content (AvgIpc) is 3.72. The van der Waals surface area contributed by atoms with E-state index >= 15 is 4.39 Å². The number of nitrogen functional groups attached to an aromatic ring is 1. The van der Waals surface area contributed by atoms with Crippen LogP contribution in [0.2, 0.25) is 0 Å². The van der Waals surface area contributed by atoms with Crippen LogP contribution in [0.1, 0.15) is 12.6 Å². The number of alkyl halides is 1. The van der Waals surface area contributed by atoms with Gasteiger partial charge >= 0.3 is 13.4 Å². The Morgan fingerprint density at radius 2 is 1.86 bits per heavy atom. The van der Waals surface area contributed by atoms with Gasteiger partial charge in [0.2, 0.25) is 5.96 Å². The lowest BCUT2D eigenvalue weighted by Crippen LogP contribution is -2.53. The van der Waals surface area contributed by atoms with Crippen LogP contribution in [0, 0.1) is 5.41 Å². The molecule has 10 atom stereocenters. The Balaban J connectivity index is 1.16. The highest BCUT2D eigenvalue weighted by Gasteiger charge is 2.54. The lowest BCUT2D eigenvalue weighted by Gasteiger charge is -2.32. The molecule has 0 aromatic carbocycles. The SMILES string of the molecule is N=C1N=C2C(N=CN2[C@@H]2O[C@@H]3COP(O)(=S)O[C@H]4C[C@H](n5ccc6c(N)ncnc65)O[C@@H]4COP(O)(=S)O[C@@H]2[C@@H]3F)C(=O)N1. The van der Waals surface area contributed by atoms with Gasteiger partial charge in [-0.25, -0.2) is 14.4 Å². The fraction of sp³-hybridized carbons (Fsp3) is 0.524.